The Balaban J connectivity index is 1.87. The van der Waals surface area contributed by atoms with E-state index in [1.165, 1.54) is 11.2 Å². The van der Waals surface area contributed by atoms with Crippen LogP contribution in [0.5, 0.6) is 0 Å². The third-order valence-electron chi connectivity index (χ3n) is 5.14. The van der Waals surface area contributed by atoms with E-state index in [4.69, 9.17) is 27.9 Å². The number of carbonyl (C=O) groups is 2. The van der Waals surface area contributed by atoms with Gasteiger partial charge in [-0.3, -0.25) is 4.79 Å². The molecule has 0 aliphatic carbocycles. The number of hydrogen-bond donors (Lipinski definition) is 1. The summed E-state index contributed by atoms with van der Waals surface area (Å²) >= 11 is 12.1. The second kappa shape index (κ2) is 7.67. The Morgan fingerprint density at radius 3 is 2.54 bits per heavy atom. The molecule has 1 aromatic rings. The van der Waals surface area contributed by atoms with Crippen molar-refractivity contribution in [2.45, 2.75) is 32.3 Å². The van der Waals surface area contributed by atoms with Gasteiger partial charge in [0.2, 0.25) is 10.0 Å². The lowest BCUT2D eigenvalue weighted by Gasteiger charge is -2.38. The van der Waals surface area contributed by atoms with Crippen LogP contribution in [0.25, 0.3) is 0 Å². The van der Waals surface area contributed by atoms with Crippen LogP contribution < -0.4 is 5.32 Å². The van der Waals surface area contributed by atoms with E-state index in [9.17, 15) is 18.0 Å². The summed E-state index contributed by atoms with van der Waals surface area (Å²) in [6.07, 6.45) is 0.419. The van der Waals surface area contributed by atoms with Gasteiger partial charge in [0.25, 0.3) is 5.91 Å². The van der Waals surface area contributed by atoms with Gasteiger partial charge in [-0.05, 0) is 26.0 Å². The maximum Gasteiger partial charge on any atom is 0.335 e. The van der Waals surface area contributed by atoms with Crippen LogP contribution >= 0.6 is 23.2 Å². The predicted octanol–water partition coefficient (Wildman–Crippen LogP) is 2.99. The van der Waals surface area contributed by atoms with Crippen molar-refractivity contribution in [3.8, 4) is 0 Å². The largest absolute Gasteiger partial charge is 0.450 e. The van der Waals surface area contributed by atoms with E-state index in [0.29, 0.717) is 5.69 Å². The topological polar surface area (TPSA) is 92.8 Å². The van der Waals surface area contributed by atoms with Crippen molar-refractivity contribution < 1.29 is 22.7 Å². The molecule has 28 heavy (non-hydrogen) atoms. The maximum absolute atomic E-state index is 13.0. The number of amides is 1. The Labute approximate surface area is 173 Å². The lowest BCUT2D eigenvalue weighted by Crippen LogP contribution is -2.49. The number of halogens is 2. The molecule has 0 saturated carbocycles. The van der Waals surface area contributed by atoms with Crippen LogP contribution in [0.1, 0.15) is 26.7 Å². The minimum atomic E-state index is -3.35. The molecule has 0 atom stereocenters. The van der Waals surface area contributed by atoms with Gasteiger partial charge >= 0.3 is 5.97 Å². The average Bonchev–Trinajstić information content (AvgIpc) is 2.89. The fourth-order valence-corrected chi connectivity index (χ4v) is 5.02. The highest BCUT2D eigenvalue weighted by Crippen LogP contribution is 2.42. The molecule has 152 valence electrons. The summed E-state index contributed by atoms with van der Waals surface area (Å²) in [7, 11) is -3.35. The third-order valence-corrected chi connectivity index (χ3v) is 7.84. The number of nitrogens with one attached hydrogen (secondary N) is 1. The summed E-state index contributed by atoms with van der Waals surface area (Å²) in [6.45, 7) is 3.45. The van der Waals surface area contributed by atoms with Gasteiger partial charge in [0, 0.05) is 31.5 Å². The van der Waals surface area contributed by atoms with Crippen LogP contribution in [0.4, 0.5) is 5.69 Å². The minimum absolute atomic E-state index is 0.00470. The van der Waals surface area contributed by atoms with Crippen molar-refractivity contribution in [3.63, 3.8) is 0 Å². The molecule has 2 heterocycles. The lowest BCUT2D eigenvalue weighted by atomic mass is 9.83. The highest BCUT2D eigenvalue weighted by Gasteiger charge is 2.51. The molecule has 0 bridgehead atoms. The molecule has 0 aromatic heterocycles. The Bertz CT molecular complexity index is 966. The van der Waals surface area contributed by atoms with E-state index in [1.54, 1.807) is 25.1 Å². The molecule has 1 N–H and O–H groups in total. The molecule has 0 radical (unpaired) electrons. The number of carbonyl (C=O) groups excluding carboxylic acids is 2. The van der Waals surface area contributed by atoms with Crippen LogP contribution in [-0.2, 0) is 24.3 Å². The molecule has 0 unspecified atom stereocenters. The first kappa shape index (κ1) is 21.1. The quantitative estimate of drug-likeness (QED) is 0.717. The van der Waals surface area contributed by atoms with Gasteiger partial charge in [0.1, 0.15) is 5.60 Å². The van der Waals surface area contributed by atoms with Crippen molar-refractivity contribution in [1.29, 1.82) is 0 Å². The van der Waals surface area contributed by atoms with Gasteiger partial charge in [-0.2, -0.15) is 0 Å². The zero-order chi connectivity index (χ0) is 20.7. The SMILES string of the molecule is CCS(=O)(=O)N1CCC2(CC1)OC(=O)C(C)=C2C(=O)Nc1cccc(Cl)c1Cl. The zero-order valence-electron chi connectivity index (χ0n) is 15.4. The molecule has 3 rings (SSSR count). The summed E-state index contributed by atoms with van der Waals surface area (Å²) in [5.41, 5.74) is -0.403. The summed E-state index contributed by atoms with van der Waals surface area (Å²) in [5, 5.41) is 3.17. The van der Waals surface area contributed by atoms with Gasteiger partial charge in [-0.1, -0.05) is 29.3 Å². The molecule has 1 amide bonds. The first-order valence-corrected chi connectivity index (χ1v) is 11.2. The Hall–Kier alpha value is -1.61. The molecular weight excluding hydrogens is 427 g/mol. The smallest absolute Gasteiger partial charge is 0.335 e. The number of ether oxygens (including phenoxy) is 1. The van der Waals surface area contributed by atoms with Gasteiger partial charge in [-0.15, -0.1) is 0 Å². The summed E-state index contributed by atoms with van der Waals surface area (Å²) in [4.78, 5) is 25.2. The highest BCUT2D eigenvalue weighted by molar-refractivity contribution is 7.89. The standard InChI is InChI=1S/C18H20Cl2N2O5S/c1-3-28(25,26)22-9-7-18(8-10-22)14(11(2)17(24)27-18)16(23)21-13-6-4-5-12(19)15(13)20/h4-6H,3,7-10H2,1-2H3,(H,21,23). The second-order valence-electron chi connectivity index (χ2n) is 6.74. The molecule has 1 spiro atoms. The highest BCUT2D eigenvalue weighted by atomic mass is 35.5. The summed E-state index contributed by atoms with van der Waals surface area (Å²) < 4.78 is 31.2. The van der Waals surface area contributed by atoms with E-state index in [1.807, 2.05) is 0 Å². The fourth-order valence-electron chi connectivity index (χ4n) is 3.57. The minimum Gasteiger partial charge on any atom is -0.450 e. The molecule has 1 fully saturated rings. The maximum atomic E-state index is 13.0. The molecule has 1 aromatic carbocycles. The molecule has 2 aliphatic rings. The second-order valence-corrected chi connectivity index (χ2v) is 9.78. The van der Waals surface area contributed by atoms with E-state index >= 15 is 0 Å². The van der Waals surface area contributed by atoms with Gasteiger partial charge in [-0.25, -0.2) is 17.5 Å². The summed E-state index contributed by atoms with van der Waals surface area (Å²) in [6, 6.07) is 4.84. The van der Waals surface area contributed by atoms with Crippen LogP contribution in [0.2, 0.25) is 10.0 Å². The number of rotatable bonds is 4. The summed E-state index contributed by atoms with van der Waals surface area (Å²) in [5.74, 6) is -1.09. The number of piperidine rings is 1. The fraction of sp³-hybridized carbons (Fsp3) is 0.444. The lowest BCUT2D eigenvalue weighted by molar-refractivity contribution is -0.149. The van der Waals surface area contributed by atoms with Crippen molar-refractivity contribution >= 4 is 50.8 Å². The van der Waals surface area contributed by atoms with Crippen molar-refractivity contribution in [1.82, 2.24) is 4.31 Å². The number of nitrogens with zero attached hydrogens (tertiary/aromatic N) is 1. The van der Waals surface area contributed by atoms with Crippen LogP contribution in [0.3, 0.4) is 0 Å². The Morgan fingerprint density at radius 2 is 1.93 bits per heavy atom. The van der Waals surface area contributed by atoms with Crippen molar-refractivity contribution in [2.24, 2.45) is 0 Å². The van der Waals surface area contributed by atoms with E-state index in [2.05, 4.69) is 5.32 Å². The number of benzene rings is 1. The predicted molar refractivity (Wildman–Crippen MR) is 107 cm³/mol. The first-order valence-electron chi connectivity index (χ1n) is 8.79. The van der Waals surface area contributed by atoms with E-state index in [-0.39, 0.29) is 52.9 Å². The third kappa shape index (κ3) is 3.66. The Kier molecular flexibility index (Phi) is 5.78. The Morgan fingerprint density at radius 1 is 1.29 bits per heavy atom. The molecule has 2 aliphatic heterocycles. The number of anilines is 1. The number of sulfonamides is 1. The van der Waals surface area contributed by atoms with E-state index in [0.717, 1.165) is 0 Å². The zero-order valence-corrected chi connectivity index (χ0v) is 17.7. The van der Waals surface area contributed by atoms with Gasteiger partial charge < -0.3 is 10.1 Å². The van der Waals surface area contributed by atoms with Crippen LogP contribution in [-0.4, -0.2) is 49.0 Å². The number of hydrogen-bond acceptors (Lipinski definition) is 5. The van der Waals surface area contributed by atoms with Gasteiger partial charge in [0.05, 0.1) is 27.1 Å². The number of esters is 1. The average molecular weight is 447 g/mol. The molecule has 7 nitrogen and oxygen atoms in total. The first-order chi connectivity index (χ1) is 13.1. The van der Waals surface area contributed by atoms with Crippen molar-refractivity contribution in [2.75, 3.05) is 24.2 Å². The molecule has 1 saturated heterocycles. The van der Waals surface area contributed by atoms with Gasteiger partial charge in [0.15, 0.2) is 0 Å². The monoisotopic (exact) mass is 446 g/mol. The van der Waals surface area contributed by atoms with Crippen LogP contribution in [0.15, 0.2) is 29.3 Å². The van der Waals surface area contributed by atoms with Crippen LogP contribution in [0, 0.1) is 0 Å². The molecule has 10 heteroatoms. The normalized spacial score (nSPS) is 19.8. The van der Waals surface area contributed by atoms with E-state index < -0.39 is 27.5 Å². The van der Waals surface area contributed by atoms with Crippen molar-refractivity contribution in [3.05, 3.63) is 39.4 Å². The molecular formula is C18H20Cl2N2O5S.